The van der Waals surface area contributed by atoms with Gasteiger partial charge in [0.1, 0.15) is 0 Å². The quantitative estimate of drug-likeness (QED) is 0.227. The van der Waals surface area contributed by atoms with Gasteiger partial charge in [-0.05, 0) is 63.1 Å². The number of allylic oxidation sites excluding steroid dienone is 3. The van der Waals surface area contributed by atoms with Gasteiger partial charge in [0, 0.05) is 5.56 Å². The summed E-state index contributed by atoms with van der Waals surface area (Å²) in [5.74, 6) is -0.417. The molecular formula is C26H30N2O6. The van der Waals surface area contributed by atoms with Crippen molar-refractivity contribution in [2.24, 2.45) is 28.8 Å². The Hall–Kier alpha value is -3.42. The first-order valence-electron chi connectivity index (χ1n) is 11.7. The van der Waals surface area contributed by atoms with E-state index in [9.17, 15) is 14.4 Å². The number of rotatable bonds is 10. The standard InChI is InChI=1S/C26H30N2O6/c1-5-8-19-11-16(12-20(32-6-2)23(19)34-15(4)26(31)33-7-3)14-27-28-24(29)21-17-9-10-18(13-17)22(21)25(28)30/h5,9-12,14-15,17-18,21-22H,1,6-8,13H2,2-4H3/t15-,17+,18+,21-,22+/m1/s1. The molecule has 0 unspecified atom stereocenters. The first-order valence-corrected chi connectivity index (χ1v) is 11.7. The van der Waals surface area contributed by atoms with Crippen molar-refractivity contribution >= 4 is 24.0 Å². The van der Waals surface area contributed by atoms with Gasteiger partial charge >= 0.3 is 5.97 Å². The minimum absolute atomic E-state index is 0.133. The minimum atomic E-state index is -0.828. The van der Waals surface area contributed by atoms with Crippen LogP contribution in [0.1, 0.15) is 38.3 Å². The molecule has 0 N–H and O–H groups in total. The Morgan fingerprint density at radius 2 is 1.85 bits per heavy atom. The SMILES string of the molecule is C=CCc1cc(C=NN2C(=O)[C@@H]3[C@H](C2=O)[C@H]2C=C[C@H]3C2)cc(OCC)c1O[C@H](C)C(=O)OCC. The highest BCUT2D eigenvalue weighted by atomic mass is 16.6. The van der Waals surface area contributed by atoms with Crippen molar-refractivity contribution in [2.75, 3.05) is 13.2 Å². The lowest BCUT2D eigenvalue weighted by Gasteiger charge is -2.20. The number of imide groups is 1. The van der Waals surface area contributed by atoms with Gasteiger partial charge in [-0.3, -0.25) is 9.59 Å². The third-order valence-electron chi connectivity index (χ3n) is 6.50. The van der Waals surface area contributed by atoms with E-state index in [1.165, 1.54) is 6.21 Å². The van der Waals surface area contributed by atoms with E-state index in [-0.39, 0.29) is 42.1 Å². The number of esters is 1. The monoisotopic (exact) mass is 466 g/mol. The molecule has 5 atom stereocenters. The number of carbonyl (C=O) groups excluding carboxylic acids is 3. The molecule has 4 rings (SSSR count). The molecule has 0 radical (unpaired) electrons. The number of fused-ring (bicyclic) bond motifs is 5. The van der Waals surface area contributed by atoms with E-state index in [1.807, 2.05) is 13.0 Å². The second-order valence-corrected chi connectivity index (χ2v) is 8.68. The van der Waals surface area contributed by atoms with E-state index >= 15 is 0 Å². The second kappa shape index (κ2) is 9.83. The molecule has 1 aromatic carbocycles. The van der Waals surface area contributed by atoms with Gasteiger partial charge in [-0.25, -0.2) is 4.79 Å². The summed E-state index contributed by atoms with van der Waals surface area (Å²) in [6, 6.07) is 3.53. The fourth-order valence-electron chi connectivity index (χ4n) is 5.07. The van der Waals surface area contributed by atoms with Gasteiger partial charge in [0.15, 0.2) is 17.6 Å². The highest BCUT2D eigenvalue weighted by molar-refractivity contribution is 6.06. The maximum Gasteiger partial charge on any atom is 0.347 e. The van der Waals surface area contributed by atoms with Crippen molar-refractivity contribution in [3.05, 3.63) is 48.1 Å². The normalized spacial score (nSPS) is 25.7. The Morgan fingerprint density at radius 3 is 2.44 bits per heavy atom. The van der Waals surface area contributed by atoms with Crippen LogP contribution in [0.15, 0.2) is 42.0 Å². The zero-order valence-corrected chi connectivity index (χ0v) is 19.7. The molecule has 2 fully saturated rings. The van der Waals surface area contributed by atoms with Gasteiger partial charge in [-0.15, -0.1) is 6.58 Å². The van der Waals surface area contributed by atoms with Gasteiger partial charge in [0.25, 0.3) is 11.8 Å². The van der Waals surface area contributed by atoms with Gasteiger partial charge in [-0.1, -0.05) is 18.2 Å². The summed E-state index contributed by atoms with van der Waals surface area (Å²) in [5.41, 5.74) is 1.37. The van der Waals surface area contributed by atoms with Crippen LogP contribution in [0.3, 0.4) is 0 Å². The average Bonchev–Trinajstić information content (AvgIpc) is 3.49. The van der Waals surface area contributed by atoms with Crippen LogP contribution in [-0.4, -0.2) is 48.3 Å². The molecule has 3 aliphatic rings. The Kier molecular flexibility index (Phi) is 6.86. The lowest BCUT2D eigenvalue weighted by atomic mass is 9.85. The average molecular weight is 467 g/mol. The van der Waals surface area contributed by atoms with E-state index < -0.39 is 12.1 Å². The molecule has 8 nitrogen and oxygen atoms in total. The maximum absolute atomic E-state index is 12.9. The van der Waals surface area contributed by atoms with Gasteiger partial charge in [0.05, 0.1) is 31.3 Å². The van der Waals surface area contributed by atoms with Gasteiger partial charge < -0.3 is 14.2 Å². The summed E-state index contributed by atoms with van der Waals surface area (Å²) < 4.78 is 16.8. The van der Waals surface area contributed by atoms with Crippen LogP contribution in [0.25, 0.3) is 0 Å². The molecule has 1 saturated carbocycles. The van der Waals surface area contributed by atoms with Crippen LogP contribution in [0, 0.1) is 23.7 Å². The fraction of sp³-hybridized carbons (Fsp3) is 0.462. The summed E-state index contributed by atoms with van der Waals surface area (Å²) in [6.07, 6.45) is 7.80. The highest BCUT2D eigenvalue weighted by Gasteiger charge is 2.59. The molecule has 8 heteroatoms. The van der Waals surface area contributed by atoms with E-state index in [4.69, 9.17) is 14.2 Å². The molecule has 0 spiro atoms. The molecule has 2 bridgehead atoms. The number of nitrogens with zero attached hydrogens (tertiary/aromatic N) is 2. The zero-order chi connectivity index (χ0) is 24.4. The fourth-order valence-corrected chi connectivity index (χ4v) is 5.07. The van der Waals surface area contributed by atoms with Crippen LogP contribution in [0.5, 0.6) is 11.5 Å². The molecule has 1 aromatic rings. The van der Waals surface area contributed by atoms with Crippen LogP contribution in [0.4, 0.5) is 0 Å². The predicted molar refractivity (Wildman–Crippen MR) is 125 cm³/mol. The number of hydrogen-bond donors (Lipinski definition) is 0. The Labute approximate surface area is 199 Å². The smallest absolute Gasteiger partial charge is 0.347 e. The summed E-state index contributed by atoms with van der Waals surface area (Å²) in [6.45, 7) is 9.63. The third-order valence-corrected chi connectivity index (χ3v) is 6.50. The number of benzene rings is 1. The van der Waals surface area contributed by atoms with Crippen molar-refractivity contribution < 1.29 is 28.6 Å². The zero-order valence-electron chi connectivity index (χ0n) is 19.7. The Bertz CT molecular complexity index is 1030. The molecule has 34 heavy (non-hydrogen) atoms. The largest absolute Gasteiger partial charge is 0.490 e. The van der Waals surface area contributed by atoms with Crippen LogP contribution in [-0.2, 0) is 25.5 Å². The van der Waals surface area contributed by atoms with Crippen molar-refractivity contribution in [1.29, 1.82) is 0 Å². The molecular weight excluding hydrogens is 436 g/mol. The third kappa shape index (κ3) is 4.24. The number of ether oxygens (including phenoxy) is 3. The van der Waals surface area contributed by atoms with E-state index in [0.717, 1.165) is 17.0 Å². The summed E-state index contributed by atoms with van der Waals surface area (Å²) in [7, 11) is 0. The van der Waals surface area contributed by atoms with Crippen LogP contribution >= 0.6 is 0 Å². The summed E-state index contributed by atoms with van der Waals surface area (Å²) in [4.78, 5) is 37.9. The molecule has 2 aliphatic carbocycles. The maximum atomic E-state index is 12.9. The van der Waals surface area contributed by atoms with Crippen molar-refractivity contribution in [3.8, 4) is 11.5 Å². The Morgan fingerprint density at radius 1 is 1.18 bits per heavy atom. The molecule has 1 aliphatic heterocycles. The van der Waals surface area contributed by atoms with Crippen molar-refractivity contribution in [2.45, 2.75) is 39.7 Å². The van der Waals surface area contributed by atoms with Crippen molar-refractivity contribution in [3.63, 3.8) is 0 Å². The number of hydrazone groups is 1. The topological polar surface area (TPSA) is 94.5 Å². The predicted octanol–water partition coefficient (Wildman–Crippen LogP) is 3.29. The molecule has 180 valence electrons. The lowest BCUT2D eigenvalue weighted by Crippen LogP contribution is -2.28. The summed E-state index contributed by atoms with van der Waals surface area (Å²) >= 11 is 0. The first-order chi connectivity index (χ1) is 16.4. The Balaban J connectivity index is 1.60. The van der Waals surface area contributed by atoms with E-state index in [1.54, 1.807) is 26.0 Å². The highest BCUT2D eigenvalue weighted by Crippen LogP contribution is 2.52. The lowest BCUT2D eigenvalue weighted by molar-refractivity contribution is -0.150. The van der Waals surface area contributed by atoms with Crippen LogP contribution < -0.4 is 9.47 Å². The number of amides is 2. The van der Waals surface area contributed by atoms with Crippen molar-refractivity contribution in [1.82, 2.24) is 5.01 Å². The number of hydrogen-bond acceptors (Lipinski definition) is 7. The second-order valence-electron chi connectivity index (χ2n) is 8.68. The number of carbonyl (C=O) groups is 3. The van der Waals surface area contributed by atoms with E-state index in [2.05, 4.69) is 23.8 Å². The van der Waals surface area contributed by atoms with Crippen LogP contribution in [0.2, 0.25) is 0 Å². The molecule has 1 saturated heterocycles. The molecule has 1 heterocycles. The minimum Gasteiger partial charge on any atom is -0.490 e. The van der Waals surface area contributed by atoms with E-state index in [0.29, 0.717) is 30.1 Å². The first kappa shape index (κ1) is 23.7. The molecule has 2 amide bonds. The summed E-state index contributed by atoms with van der Waals surface area (Å²) in [5, 5.41) is 5.28. The molecule has 0 aromatic heterocycles. The van der Waals surface area contributed by atoms with Gasteiger partial charge in [-0.2, -0.15) is 10.1 Å². The van der Waals surface area contributed by atoms with Gasteiger partial charge in [0.2, 0.25) is 0 Å².